The summed E-state index contributed by atoms with van der Waals surface area (Å²) in [5.74, 6) is -0.0270. The largest absolute Gasteiger partial charge is 0.353 e. The standard InChI is InChI=1S/C12H27N3O.ClH/c1-5-8-11(13)12(16)14-9-10(4)15(6-2)7-3;/h10-11H,5-9,13H2,1-4H3,(H,14,16);1H. The number of nitrogens with one attached hydrogen (secondary N) is 1. The quantitative estimate of drug-likeness (QED) is 0.697. The normalized spacial score (nSPS) is 14.0. The fraction of sp³-hybridized carbons (Fsp3) is 0.917. The molecule has 0 saturated heterocycles. The highest BCUT2D eigenvalue weighted by atomic mass is 35.5. The fourth-order valence-electron chi connectivity index (χ4n) is 1.80. The first kappa shape index (κ1) is 19.0. The monoisotopic (exact) mass is 265 g/mol. The molecule has 0 aliphatic carbocycles. The minimum atomic E-state index is -0.353. The van der Waals surface area contributed by atoms with Crippen LogP contribution in [-0.4, -0.2) is 42.5 Å². The SMILES string of the molecule is CCCC(N)C(=O)NCC(C)N(CC)CC.Cl. The van der Waals surface area contributed by atoms with E-state index >= 15 is 0 Å². The lowest BCUT2D eigenvalue weighted by molar-refractivity contribution is -0.122. The zero-order chi connectivity index (χ0) is 12.6. The Bertz CT molecular complexity index is 198. The van der Waals surface area contributed by atoms with Gasteiger partial charge in [0.25, 0.3) is 0 Å². The van der Waals surface area contributed by atoms with E-state index in [0.29, 0.717) is 12.6 Å². The molecule has 3 N–H and O–H groups in total. The van der Waals surface area contributed by atoms with Crippen LogP contribution in [-0.2, 0) is 4.79 Å². The molecule has 1 amide bonds. The van der Waals surface area contributed by atoms with Gasteiger partial charge in [0, 0.05) is 12.6 Å². The predicted octanol–water partition coefficient (Wildman–Crippen LogP) is 1.38. The molecule has 0 heterocycles. The molecule has 17 heavy (non-hydrogen) atoms. The second-order valence-corrected chi connectivity index (χ2v) is 4.21. The second kappa shape index (κ2) is 10.8. The molecule has 0 radical (unpaired) electrons. The molecule has 0 aliphatic rings. The zero-order valence-corrected chi connectivity index (χ0v) is 12.3. The van der Waals surface area contributed by atoms with Crippen LogP contribution in [0.3, 0.4) is 0 Å². The van der Waals surface area contributed by atoms with Crippen LogP contribution in [0.4, 0.5) is 0 Å². The van der Waals surface area contributed by atoms with Crippen LogP contribution in [0, 0.1) is 0 Å². The van der Waals surface area contributed by atoms with Gasteiger partial charge in [0.05, 0.1) is 6.04 Å². The number of carbonyl (C=O) groups is 1. The van der Waals surface area contributed by atoms with E-state index < -0.39 is 0 Å². The Hall–Kier alpha value is -0.320. The molecular weight excluding hydrogens is 238 g/mol. The van der Waals surface area contributed by atoms with E-state index in [1.54, 1.807) is 0 Å². The minimum absolute atomic E-state index is 0. The summed E-state index contributed by atoms with van der Waals surface area (Å²) in [5, 5.41) is 2.91. The summed E-state index contributed by atoms with van der Waals surface area (Å²) < 4.78 is 0. The highest BCUT2D eigenvalue weighted by molar-refractivity contribution is 5.85. The Morgan fingerprint density at radius 1 is 1.29 bits per heavy atom. The van der Waals surface area contributed by atoms with Gasteiger partial charge in [-0.25, -0.2) is 0 Å². The summed E-state index contributed by atoms with van der Waals surface area (Å²) in [4.78, 5) is 13.9. The molecule has 0 rings (SSSR count). The van der Waals surface area contributed by atoms with Crippen molar-refractivity contribution in [2.75, 3.05) is 19.6 Å². The lowest BCUT2D eigenvalue weighted by Crippen LogP contribution is -2.47. The van der Waals surface area contributed by atoms with Gasteiger partial charge in [-0.2, -0.15) is 0 Å². The molecule has 0 aromatic heterocycles. The Balaban J connectivity index is 0. The van der Waals surface area contributed by atoms with Gasteiger partial charge in [0.15, 0.2) is 0 Å². The molecule has 0 aromatic rings. The number of hydrogen-bond donors (Lipinski definition) is 2. The lowest BCUT2D eigenvalue weighted by atomic mass is 10.1. The molecule has 0 fully saturated rings. The maximum absolute atomic E-state index is 11.6. The van der Waals surface area contributed by atoms with Gasteiger partial charge in [-0.1, -0.05) is 27.2 Å². The van der Waals surface area contributed by atoms with Crippen LogP contribution in [0.1, 0.15) is 40.5 Å². The summed E-state index contributed by atoms with van der Waals surface area (Å²) >= 11 is 0. The van der Waals surface area contributed by atoms with E-state index in [1.165, 1.54) is 0 Å². The number of hydrogen-bond acceptors (Lipinski definition) is 3. The van der Waals surface area contributed by atoms with E-state index in [1.807, 2.05) is 6.92 Å². The first-order valence-corrected chi connectivity index (χ1v) is 6.34. The molecule has 2 atom stereocenters. The number of likely N-dealkylation sites (N-methyl/N-ethyl adjacent to an activating group) is 1. The number of amides is 1. The maximum atomic E-state index is 11.6. The van der Waals surface area contributed by atoms with E-state index in [9.17, 15) is 4.79 Å². The van der Waals surface area contributed by atoms with Gasteiger partial charge in [-0.15, -0.1) is 12.4 Å². The summed E-state index contributed by atoms with van der Waals surface area (Å²) in [5.41, 5.74) is 5.73. The van der Waals surface area contributed by atoms with Crippen molar-refractivity contribution in [2.24, 2.45) is 5.73 Å². The zero-order valence-electron chi connectivity index (χ0n) is 11.5. The van der Waals surface area contributed by atoms with Gasteiger partial charge in [-0.05, 0) is 26.4 Å². The summed E-state index contributed by atoms with van der Waals surface area (Å²) in [6.45, 7) is 11.1. The third-order valence-corrected chi connectivity index (χ3v) is 2.94. The number of halogens is 1. The van der Waals surface area contributed by atoms with Crippen molar-refractivity contribution >= 4 is 18.3 Å². The second-order valence-electron chi connectivity index (χ2n) is 4.21. The highest BCUT2D eigenvalue weighted by Gasteiger charge is 2.15. The van der Waals surface area contributed by atoms with E-state index in [2.05, 4.69) is 31.0 Å². The number of nitrogens with two attached hydrogens (primary N) is 1. The topological polar surface area (TPSA) is 58.4 Å². The molecule has 104 valence electrons. The number of carbonyl (C=O) groups excluding carboxylic acids is 1. The Kier molecular flexibility index (Phi) is 12.1. The highest BCUT2D eigenvalue weighted by Crippen LogP contribution is 1.97. The first-order valence-electron chi connectivity index (χ1n) is 6.34. The van der Waals surface area contributed by atoms with Crippen LogP contribution < -0.4 is 11.1 Å². The Labute approximate surface area is 112 Å². The van der Waals surface area contributed by atoms with Gasteiger partial charge in [-0.3, -0.25) is 9.69 Å². The third-order valence-electron chi connectivity index (χ3n) is 2.94. The summed E-state index contributed by atoms with van der Waals surface area (Å²) in [6.07, 6.45) is 1.70. The molecule has 5 heteroatoms. The molecule has 2 unspecified atom stereocenters. The number of nitrogens with zero attached hydrogens (tertiary/aromatic N) is 1. The predicted molar refractivity (Wildman–Crippen MR) is 75.5 cm³/mol. The molecular formula is C12H28ClN3O. The van der Waals surface area contributed by atoms with Crippen molar-refractivity contribution in [1.82, 2.24) is 10.2 Å². The molecule has 0 aliphatic heterocycles. The Morgan fingerprint density at radius 2 is 1.82 bits per heavy atom. The average molecular weight is 266 g/mol. The van der Waals surface area contributed by atoms with Crippen molar-refractivity contribution in [1.29, 1.82) is 0 Å². The van der Waals surface area contributed by atoms with Crippen LogP contribution in [0.5, 0.6) is 0 Å². The molecule has 0 spiro atoms. The maximum Gasteiger partial charge on any atom is 0.236 e. The average Bonchev–Trinajstić information content (AvgIpc) is 2.27. The van der Waals surface area contributed by atoms with Gasteiger partial charge >= 0.3 is 0 Å². The summed E-state index contributed by atoms with van der Waals surface area (Å²) in [7, 11) is 0. The van der Waals surface area contributed by atoms with Gasteiger partial charge < -0.3 is 11.1 Å². The van der Waals surface area contributed by atoms with E-state index in [4.69, 9.17) is 5.73 Å². The lowest BCUT2D eigenvalue weighted by Gasteiger charge is -2.26. The molecule has 0 saturated carbocycles. The van der Waals surface area contributed by atoms with Gasteiger partial charge in [0.1, 0.15) is 0 Å². The van der Waals surface area contributed by atoms with Crippen LogP contribution in [0.15, 0.2) is 0 Å². The smallest absolute Gasteiger partial charge is 0.236 e. The van der Waals surface area contributed by atoms with Crippen molar-refractivity contribution in [3.8, 4) is 0 Å². The molecule has 4 nitrogen and oxygen atoms in total. The molecule has 0 bridgehead atoms. The third kappa shape index (κ3) is 7.58. The van der Waals surface area contributed by atoms with Crippen molar-refractivity contribution in [3.05, 3.63) is 0 Å². The van der Waals surface area contributed by atoms with Crippen molar-refractivity contribution in [2.45, 2.75) is 52.6 Å². The van der Waals surface area contributed by atoms with Crippen LogP contribution in [0.2, 0.25) is 0 Å². The van der Waals surface area contributed by atoms with Gasteiger partial charge in [0.2, 0.25) is 5.91 Å². The number of rotatable bonds is 8. The van der Waals surface area contributed by atoms with Crippen LogP contribution >= 0.6 is 12.4 Å². The van der Waals surface area contributed by atoms with Crippen molar-refractivity contribution in [3.63, 3.8) is 0 Å². The van der Waals surface area contributed by atoms with Crippen LogP contribution in [0.25, 0.3) is 0 Å². The van der Waals surface area contributed by atoms with Crippen molar-refractivity contribution < 1.29 is 4.79 Å². The summed E-state index contributed by atoms with van der Waals surface area (Å²) in [6, 6.07) is 0.0154. The molecule has 0 aromatic carbocycles. The fourth-order valence-corrected chi connectivity index (χ4v) is 1.80. The minimum Gasteiger partial charge on any atom is -0.353 e. The van der Waals surface area contributed by atoms with E-state index in [-0.39, 0.29) is 24.4 Å². The first-order chi connectivity index (χ1) is 7.56. The Morgan fingerprint density at radius 3 is 2.24 bits per heavy atom. The van der Waals surface area contributed by atoms with E-state index in [0.717, 1.165) is 25.9 Å².